The van der Waals surface area contributed by atoms with Crippen LogP contribution in [0.3, 0.4) is 0 Å². The van der Waals surface area contributed by atoms with Gasteiger partial charge in [0.1, 0.15) is 4.88 Å². The Balaban J connectivity index is 1.47. The van der Waals surface area contributed by atoms with Crippen LogP contribution in [0.15, 0.2) is 60.7 Å². The Morgan fingerprint density at radius 2 is 1.68 bits per heavy atom. The molecule has 1 aromatic heterocycles. The third kappa shape index (κ3) is 4.32. The van der Waals surface area contributed by atoms with Crippen LogP contribution < -0.4 is 0 Å². The van der Waals surface area contributed by atoms with E-state index in [2.05, 4.69) is 34.1 Å². The van der Waals surface area contributed by atoms with Gasteiger partial charge in [-0.3, -0.25) is 9.69 Å². The van der Waals surface area contributed by atoms with Gasteiger partial charge in [0.25, 0.3) is 5.91 Å². The summed E-state index contributed by atoms with van der Waals surface area (Å²) in [7, 11) is 0. The maximum atomic E-state index is 13.3. The lowest BCUT2D eigenvalue weighted by molar-refractivity contribution is 0.0766. The summed E-state index contributed by atoms with van der Waals surface area (Å²) in [6.07, 6.45) is 0.997. The highest BCUT2D eigenvalue weighted by Crippen LogP contribution is 2.29. The Hall–Kier alpha value is -2.50. The number of aromatic nitrogens is 1. The molecular formula is C23H25N3OS. The third-order valence-corrected chi connectivity index (χ3v) is 6.06. The third-order valence-electron chi connectivity index (χ3n) is 5.10. The van der Waals surface area contributed by atoms with Gasteiger partial charge in [-0.05, 0) is 18.9 Å². The summed E-state index contributed by atoms with van der Waals surface area (Å²) in [6, 6.07) is 20.6. The number of rotatable bonds is 4. The summed E-state index contributed by atoms with van der Waals surface area (Å²) in [6.45, 7) is 6.40. The zero-order valence-corrected chi connectivity index (χ0v) is 17.0. The van der Waals surface area contributed by atoms with Crippen molar-refractivity contribution in [3.63, 3.8) is 0 Å². The molecule has 1 saturated heterocycles. The van der Waals surface area contributed by atoms with Crippen LogP contribution in [0.4, 0.5) is 0 Å². The second-order valence-corrected chi connectivity index (χ2v) is 8.39. The van der Waals surface area contributed by atoms with E-state index in [4.69, 9.17) is 0 Å². The van der Waals surface area contributed by atoms with Crippen molar-refractivity contribution in [3.05, 3.63) is 76.1 Å². The maximum absolute atomic E-state index is 13.3. The van der Waals surface area contributed by atoms with Crippen molar-refractivity contribution in [2.75, 3.05) is 26.2 Å². The van der Waals surface area contributed by atoms with E-state index in [1.807, 2.05) is 48.2 Å². The standard InChI is InChI=1S/C23H25N3OS/c1-18-24-21(20-11-6-3-7-12-20)22(28-18)23(27)26-14-8-13-25(15-16-26)17-19-9-4-2-5-10-19/h2-7,9-12H,8,13-17H2,1H3. The molecule has 0 bridgehead atoms. The van der Waals surface area contributed by atoms with Gasteiger partial charge in [0.15, 0.2) is 0 Å². The number of aryl methyl sites for hydroxylation is 1. The van der Waals surface area contributed by atoms with Crippen molar-refractivity contribution in [3.8, 4) is 11.3 Å². The largest absolute Gasteiger partial charge is 0.337 e. The molecule has 0 unspecified atom stereocenters. The molecule has 144 valence electrons. The Bertz CT molecular complexity index is 924. The molecule has 1 aliphatic rings. The summed E-state index contributed by atoms with van der Waals surface area (Å²) in [5, 5.41) is 0.933. The molecule has 1 amide bonds. The predicted octanol–water partition coefficient (Wildman–Crippen LogP) is 4.47. The fourth-order valence-electron chi connectivity index (χ4n) is 3.68. The number of hydrogen-bond donors (Lipinski definition) is 0. The van der Waals surface area contributed by atoms with Gasteiger partial charge in [-0.2, -0.15) is 0 Å². The predicted molar refractivity (Wildman–Crippen MR) is 115 cm³/mol. The average Bonchev–Trinajstić information content (AvgIpc) is 2.97. The van der Waals surface area contributed by atoms with Crippen molar-refractivity contribution in [2.24, 2.45) is 0 Å². The van der Waals surface area contributed by atoms with Crippen molar-refractivity contribution >= 4 is 17.2 Å². The number of nitrogens with zero attached hydrogens (tertiary/aromatic N) is 3. The van der Waals surface area contributed by atoms with Gasteiger partial charge in [0, 0.05) is 38.3 Å². The quantitative estimate of drug-likeness (QED) is 0.658. The second kappa shape index (κ2) is 8.67. The molecule has 0 N–H and O–H groups in total. The lowest BCUT2D eigenvalue weighted by Gasteiger charge is -2.22. The smallest absolute Gasteiger partial charge is 0.266 e. The first-order valence-corrected chi connectivity index (χ1v) is 10.6. The summed E-state index contributed by atoms with van der Waals surface area (Å²) in [5.74, 6) is 0.117. The molecule has 2 heterocycles. The van der Waals surface area contributed by atoms with Gasteiger partial charge < -0.3 is 4.90 Å². The minimum atomic E-state index is 0.117. The molecule has 0 aliphatic carbocycles. The highest BCUT2D eigenvalue weighted by Gasteiger charge is 2.25. The highest BCUT2D eigenvalue weighted by molar-refractivity contribution is 7.14. The molecule has 1 fully saturated rings. The van der Waals surface area contributed by atoms with Gasteiger partial charge in [0.2, 0.25) is 0 Å². The first-order chi connectivity index (χ1) is 13.7. The van der Waals surface area contributed by atoms with Crippen LogP contribution in [0, 0.1) is 6.92 Å². The lowest BCUT2D eigenvalue weighted by atomic mass is 10.1. The first kappa shape index (κ1) is 18.8. The molecule has 0 spiro atoms. The summed E-state index contributed by atoms with van der Waals surface area (Å²) < 4.78 is 0. The van der Waals surface area contributed by atoms with Crippen molar-refractivity contribution in [1.29, 1.82) is 0 Å². The summed E-state index contributed by atoms with van der Waals surface area (Å²) in [5.41, 5.74) is 3.15. The number of benzene rings is 2. The Morgan fingerprint density at radius 1 is 0.964 bits per heavy atom. The molecule has 1 aliphatic heterocycles. The number of carbonyl (C=O) groups is 1. The van der Waals surface area contributed by atoms with Gasteiger partial charge >= 0.3 is 0 Å². The van der Waals surface area contributed by atoms with Gasteiger partial charge in [-0.15, -0.1) is 11.3 Å². The molecule has 28 heavy (non-hydrogen) atoms. The molecule has 0 atom stereocenters. The van der Waals surface area contributed by atoms with E-state index in [1.165, 1.54) is 16.9 Å². The Kier molecular flexibility index (Phi) is 5.84. The van der Waals surface area contributed by atoms with Crippen molar-refractivity contribution in [2.45, 2.75) is 19.9 Å². The first-order valence-electron chi connectivity index (χ1n) is 9.79. The molecule has 2 aromatic carbocycles. The van der Waals surface area contributed by atoms with E-state index in [-0.39, 0.29) is 5.91 Å². The van der Waals surface area contributed by atoms with Crippen LogP contribution in [0.5, 0.6) is 0 Å². The van der Waals surface area contributed by atoms with E-state index in [1.54, 1.807) is 0 Å². The van der Waals surface area contributed by atoms with Crippen LogP contribution in [0.25, 0.3) is 11.3 Å². The zero-order chi connectivity index (χ0) is 19.3. The molecule has 0 radical (unpaired) electrons. The van der Waals surface area contributed by atoms with Crippen LogP contribution in [0.1, 0.15) is 26.7 Å². The fraction of sp³-hybridized carbons (Fsp3) is 0.304. The number of amides is 1. The van der Waals surface area contributed by atoms with E-state index in [0.717, 1.165) is 60.3 Å². The number of carbonyl (C=O) groups excluding carboxylic acids is 1. The van der Waals surface area contributed by atoms with Gasteiger partial charge in [0.05, 0.1) is 10.7 Å². The SMILES string of the molecule is Cc1nc(-c2ccccc2)c(C(=O)N2CCCN(Cc3ccccc3)CC2)s1. The number of hydrogen-bond acceptors (Lipinski definition) is 4. The molecular weight excluding hydrogens is 366 g/mol. The van der Waals surface area contributed by atoms with Crippen molar-refractivity contribution < 1.29 is 4.79 Å². The summed E-state index contributed by atoms with van der Waals surface area (Å²) >= 11 is 1.51. The topological polar surface area (TPSA) is 36.4 Å². The molecule has 4 rings (SSSR count). The Morgan fingerprint density at radius 3 is 2.43 bits per heavy atom. The van der Waals surface area contributed by atoms with E-state index in [0.29, 0.717) is 0 Å². The second-order valence-electron chi connectivity index (χ2n) is 7.18. The monoisotopic (exact) mass is 391 g/mol. The maximum Gasteiger partial charge on any atom is 0.266 e. The van der Waals surface area contributed by atoms with Crippen LogP contribution in [-0.4, -0.2) is 46.9 Å². The normalized spacial score (nSPS) is 15.4. The highest BCUT2D eigenvalue weighted by atomic mass is 32.1. The van der Waals surface area contributed by atoms with Crippen molar-refractivity contribution in [1.82, 2.24) is 14.8 Å². The molecule has 5 heteroatoms. The number of thiazole rings is 1. The van der Waals surface area contributed by atoms with E-state index >= 15 is 0 Å². The minimum absolute atomic E-state index is 0.117. The van der Waals surface area contributed by atoms with E-state index < -0.39 is 0 Å². The minimum Gasteiger partial charge on any atom is -0.337 e. The molecule has 3 aromatic rings. The summed E-state index contributed by atoms with van der Waals surface area (Å²) in [4.78, 5) is 23.2. The van der Waals surface area contributed by atoms with Gasteiger partial charge in [-0.1, -0.05) is 60.7 Å². The molecule has 0 saturated carbocycles. The fourth-order valence-corrected chi connectivity index (χ4v) is 4.59. The average molecular weight is 392 g/mol. The van der Waals surface area contributed by atoms with Crippen LogP contribution in [-0.2, 0) is 6.54 Å². The zero-order valence-electron chi connectivity index (χ0n) is 16.2. The van der Waals surface area contributed by atoms with Gasteiger partial charge in [-0.25, -0.2) is 4.98 Å². The molecule has 4 nitrogen and oxygen atoms in total. The Labute approximate surface area is 170 Å². The van der Waals surface area contributed by atoms with Crippen LogP contribution in [0.2, 0.25) is 0 Å². The lowest BCUT2D eigenvalue weighted by Crippen LogP contribution is -2.35. The van der Waals surface area contributed by atoms with Crippen LogP contribution >= 0.6 is 11.3 Å². The van der Waals surface area contributed by atoms with E-state index in [9.17, 15) is 4.79 Å².